The standard InChI is InChI=1S/C19H18FN3O4/c1-21(11-13-5-3-2-4-6-13)19(25)14-9-18(24)22(12-14)15-7-8-16(20)17(10-15)23(26)27/h2-8,10,14H,9,11-12H2,1H3. The SMILES string of the molecule is CN(Cc1ccccc1)C(=O)C1CC(=O)N(c2ccc(F)c([N+](=O)[O-])c2)C1. The molecule has 3 rings (SSSR count). The van der Waals surface area contributed by atoms with Gasteiger partial charge in [-0.25, -0.2) is 0 Å². The van der Waals surface area contributed by atoms with Gasteiger partial charge in [0.25, 0.3) is 0 Å². The minimum Gasteiger partial charge on any atom is -0.341 e. The van der Waals surface area contributed by atoms with Crippen LogP contribution in [0.1, 0.15) is 12.0 Å². The van der Waals surface area contributed by atoms with Gasteiger partial charge in [-0.3, -0.25) is 19.7 Å². The fourth-order valence-electron chi connectivity index (χ4n) is 3.18. The van der Waals surface area contributed by atoms with Crippen LogP contribution in [0, 0.1) is 21.8 Å². The summed E-state index contributed by atoms with van der Waals surface area (Å²) in [6.07, 6.45) is 0.0170. The number of carbonyl (C=O) groups is 2. The Bertz CT molecular complexity index is 888. The lowest BCUT2D eigenvalue weighted by atomic mass is 10.1. The molecule has 1 unspecified atom stereocenters. The Labute approximate surface area is 155 Å². The van der Waals surface area contributed by atoms with Gasteiger partial charge in [-0.05, 0) is 17.7 Å². The first-order valence-corrected chi connectivity index (χ1v) is 8.40. The molecule has 2 amide bonds. The van der Waals surface area contributed by atoms with Gasteiger partial charge in [0.15, 0.2) is 0 Å². The molecule has 1 aliphatic rings. The molecular weight excluding hydrogens is 353 g/mol. The third-order valence-corrected chi connectivity index (χ3v) is 4.55. The largest absolute Gasteiger partial charge is 0.341 e. The zero-order valence-corrected chi connectivity index (χ0v) is 14.7. The van der Waals surface area contributed by atoms with Gasteiger partial charge in [0.05, 0.1) is 16.5 Å². The van der Waals surface area contributed by atoms with Crippen molar-refractivity contribution in [1.82, 2.24) is 4.90 Å². The van der Waals surface area contributed by atoms with Crippen LogP contribution in [0.15, 0.2) is 48.5 Å². The van der Waals surface area contributed by atoms with E-state index in [4.69, 9.17) is 0 Å². The van der Waals surface area contributed by atoms with E-state index >= 15 is 0 Å². The maximum Gasteiger partial charge on any atom is 0.306 e. The van der Waals surface area contributed by atoms with E-state index in [-0.39, 0.29) is 30.5 Å². The van der Waals surface area contributed by atoms with E-state index in [1.807, 2.05) is 30.3 Å². The molecular formula is C19H18FN3O4. The second-order valence-electron chi connectivity index (χ2n) is 6.48. The number of carbonyl (C=O) groups excluding carboxylic acids is 2. The van der Waals surface area contributed by atoms with Gasteiger partial charge in [0.2, 0.25) is 17.6 Å². The van der Waals surface area contributed by atoms with Crippen LogP contribution in [0.4, 0.5) is 15.8 Å². The average Bonchev–Trinajstić information content (AvgIpc) is 3.03. The molecule has 0 aliphatic carbocycles. The summed E-state index contributed by atoms with van der Waals surface area (Å²) in [7, 11) is 1.67. The van der Waals surface area contributed by atoms with Crippen LogP contribution in [0.2, 0.25) is 0 Å². The first-order valence-electron chi connectivity index (χ1n) is 8.40. The number of benzene rings is 2. The minimum atomic E-state index is -0.967. The van der Waals surface area contributed by atoms with Gasteiger partial charge in [0, 0.05) is 32.6 Å². The number of nitrogens with zero attached hydrogens (tertiary/aromatic N) is 3. The normalized spacial score (nSPS) is 16.4. The topological polar surface area (TPSA) is 83.8 Å². The van der Waals surface area contributed by atoms with E-state index in [2.05, 4.69) is 0 Å². The minimum absolute atomic E-state index is 0.0170. The van der Waals surface area contributed by atoms with Crippen LogP contribution in [-0.4, -0.2) is 35.2 Å². The predicted octanol–water partition coefficient (Wildman–Crippen LogP) is 2.75. The van der Waals surface area contributed by atoms with Crippen LogP contribution in [0.3, 0.4) is 0 Å². The maximum absolute atomic E-state index is 13.5. The van der Waals surface area contributed by atoms with Crippen LogP contribution < -0.4 is 4.90 Å². The van der Waals surface area contributed by atoms with Gasteiger partial charge in [0.1, 0.15) is 0 Å². The summed E-state index contributed by atoms with van der Waals surface area (Å²) in [4.78, 5) is 37.9. The van der Waals surface area contributed by atoms with E-state index < -0.39 is 22.3 Å². The van der Waals surface area contributed by atoms with Crippen molar-refractivity contribution in [2.24, 2.45) is 5.92 Å². The molecule has 0 N–H and O–H groups in total. The van der Waals surface area contributed by atoms with Gasteiger partial charge in [-0.2, -0.15) is 4.39 Å². The average molecular weight is 371 g/mol. The van der Waals surface area contributed by atoms with E-state index in [0.29, 0.717) is 6.54 Å². The first kappa shape index (κ1) is 18.5. The van der Waals surface area contributed by atoms with Crippen molar-refractivity contribution >= 4 is 23.2 Å². The molecule has 0 radical (unpaired) electrons. The molecule has 140 valence electrons. The molecule has 2 aromatic rings. The smallest absolute Gasteiger partial charge is 0.306 e. The Hall–Kier alpha value is -3.29. The van der Waals surface area contributed by atoms with Crippen molar-refractivity contribution in [2.75, 3.05) is 18.5 Å². The molecule has 8 heteroatoms. The third kappa shape index (κ3) is 3.94. The Kier molecular flexibility index (Phi) is 5.16. The van der Waals surface area contributed by atoms with Crippen molar-refractivity contribution < 1.29 is 18.9 Å². The fourth-order valence-corrected chi connectivity index (χ4v) is 3.18. The molecule has 7 nitrogen and oxygen atoms in total. The maximum atomic E-state index is 13.5. The van der Waals surface area contributed by atoms with Crippen LogP contribution in [0.5, 0.6) is 0 Å². The summed E-state index contributed by atoms with van der Waals surface area (Å²) >= 11 is 0. The molecule has 1 saturated heterocycles. The Morgan fingerprint density at radius 3 is 2.67 bits per heavy atom. The number of halogens is 1. The molecule has 0 saturated carbocycles. The summed E-state index contributed by atoms with van der Waals surface area (Å²) in [6, 6.07) is 12.8. The Morgan fingerprint density at radius 2 is 2.00 bits per heavy atom. The number of rotatable bonds is 5. The highest BCUT2D eigenvalue weighted by molar-refractivity contribution is 6.00. The molecule has 27 heavy (non-hydrogen) atoms. The second-order valence-corrected chi connectivity index (χ2v) is 6.48. The quantitative estimate of drug-likeness (QED) is 0.598. The lowest BCUT2D eigenvalue weighted by Gasteiger charge is -2.21. The summed E-state index contributed by atoms with van der Waals surface area (Å²) < 4.78 is 13.5. The highest BCUT2D eigenvalue weighted by atomic mass is 19.1. The van der Waals surface area contributed by atoms with Gasteiger partial charge < -0.3 is 9.80 Å². The monoisotopic (exact) mass is 371 g/mol. The zero-order chi connectivity index (χ0) is 19.6. The van der Waals surface area contributed by atoms with E-state index in [1.165, 1.54) is 11.0 Å². The zero-order valence-electron chi connectivity index (χ0n) is 14.7. The van der Waals surface area contributed by atoms with E-state index in [9.17, 15) is 24.1 Å². The Morgan fingerprint density at radius 1 is 1.30 bits per heavy atom. The second kappa shape index (κ2) is 7.53. The van der Waals surface area contributed by atoms with E-state index in [1.54, 1.807) is 11.9 Å². The van der Waals surface area contributed by atoms with Crippen LogP contribution >= 0.6 is 0 Å². The van der Waals surface area contributed by atoms with Crippen molar-refractivity contribution in [3.05, 3.63) is 70.0 Å². The molecule has 2 aromatic carbocycles. The first-order chi connectivity index (χ1) is 12.9. The fraction of sp³-hybridized carbons (Fsp3) is 0.263. The Balaban J connectivity index is 1.72. The third-order valence-electron chi connectivity index (χ3n) is 4.55. The molecule has 0 spiro atoms. The lowest BCUT2D eigenvalue weighted by molar-refractivity contribution is -0.387. The van der Waals surface area contributed by atoms with Crippen molar-refractivity contribution in [3.63, 3.8) is 0 Å². The number of hydrogen-bond donors (Lipinski definition) is 0. The van der Waals surface area contributed by atoms with Crippen LogP contribution in [-0.2, 0) is 16.1 Å². The van der Waals surface area contributed by atoms with Crippen molar-refractivity contribution in [1.29, 1.82) is 0 Å². The molecule has 1 atom stereocenters. The summed E-state index contributed by atoms with van der Waals surface area (Å²) in [5.41, 5.74) is 0.495. The molecule has 1 fully saturated rings. The number of nitro benzene ring substituents is 1. The van der Waals surface area contributed by atoms with E-state index in [0.717, 1.165) is 17.7 Å². The summed E-state index contributed by atoms with van der Waals surface area (Å²) in [6.45, 7) is 0.534. The highest BCUT2D eigenvalue weighted by Crippen LogP contribution is 2.30. The number of amides is 2. The van der Waals surface area contributed by atoms with Crippen molar-refractivity contribution in [3.8, 4) is 0 Å². The molecule has 1 heterocycles. The van der Waals surface area contributed by atoms with Crippen molar-refractivity contribution in [2.45, 2.75) is 13.0 Å². The summed E-state index contributed by atoms with van der Waals surface area (Å²) in [5, 5.41) is 10.9. The lowest BCUT2D eigenvalue weighted by Crippen LogP contribution is -2.34. The van der Waals surface area contributed by atoms with Gasteiger partial charge >= 0.3 is 5.69 Å². The molecule has 0 bridgehead atoms. The predicted molar refractivity (Wildman–Crippen MR) is 96.4 cm³/mol. The van der Waals surface area contributed by atoms with Gasteiger partial charge in [-0.1, -0.05) is 30.3 Å². The number of nitro groups is 1. The number of hydrogen-bond acceptors (Lipinski definition) is 4. The number of anilines is 1. The highest BCUT2D eigenvalue weighted by Gasteiger charge is 2.37. The summed E-state index contributed by atoms with van der Waals surface area (Å²) in [5.74, 6) is -2.00. The molecule has 0 aromatic heterocycles. The van der Waals surface area contributed by atoms with Gasteiger partial charge in [-0.15, -0.1) is 0 Å². The van der Waals surface area contributed by atoms with Crippen LogP contribution in [0.25, 0.3) is 0 Å². The molecule has 1 aliphatic heterocycles.